The molecule has 102 valence electrons. The number of aliphatic hydroxyl groups is 1. The van der Waals surface area contributed by atoms with E-state index in [1.807, 2.05) is 32.0 Å². The molecule has 0 bridgehead atoms. The molecule has 19 heavy (non-hydrogen) atoms. The molecule has 1 aromatic carbocycles. The quantitative estimate of drug-likeness (QED) is 0.908. The van der Waals surface area contributed by atoms with E-state index in [4.69, 9.17) is 9.52 Å². The van der Waals surface area contributed by atoms with Crippen molar-refractivity contribution < 1.29 is 14.3 Å². The zero-order valence-corrected chi connectivity index (χ0v) is 12.4. The number of halogens is 1. The number of aliphatic hydroxyl groups excluding tert-OH is 1. The number of nitrogens with one attached hydrogen (secondary N) is 1. The van der Waals surface area contributed by atoms with Crippen LogP contribution in [-0.2, 0) is 0 Å². The molecule has 2 aromatic rings. The largest absolute Gasteiger partial charge is 0.451 e. The summed E-state index contributed by atoms with van der Waals surface area (Å²) in [4.78, 5) is 12.0. The Morgan fingerprint density at radius 3 is 2.84 bits per heavy atom. The molecule has 1 heterocycles. The lowest BCUT2D eigenvalue weighted by molar-refractivity contribution is 0.0890. The molecule has 5 heteroatoms. The Morgan fingerprint density at radius 2 is 2.16 bits per heavy atom. The molecule has 0 aliphatic heterocycles. The molecule has 0 aliphatic rings. The van der Waals surface area contributed by atoms with Crippen molar-refractivity contribution in [2.24, 2.45) is 5.92 Å². The summed E-state index contributed by atoms with van der Waals surface area (Å²) in [7, 11) is 0. The molecule has 0 saturated heterocycles. The molecular formula is C14H16BrNO3. The van der Waals surface area contributed by atoms with E-state index < -0.39 is 0 Å². The van der Waals surface area contributed by atoms with Crippen molar-refractivity contribution in [3.05, 3.63) is 34.5 Å². The maximum Gasteiger partial charge on any atom is 0.287 e. The fourth-order valence-electron chi connectivity index (χ4n) is 1.70. The summed E-state index contributed by atoms with van der Waals surface area (Å²) in [6, 6.07) is 7.18. The fraction of sp³-hybridized carbons (Fsp3) is 0.357. The van der Waals surface area contributed by atoms with Crippen molar-refractivity contribution in [2.75, 3.05) is 6.61 Å². The molecule has 0 saturated carbocycles. The Balaban J connectivity index is 2.17. The number of amides is 1. The first-order valence-corrected chi connectivity index (χ1v) is 6.91. The maximum atomic E-state index is 12.0. The molecule has 2 rings (SSSR count). The van der Waals surface area contributed by atoms with E-state index in [0.29, 0.717) is 5.58 Å². The van der Waals surface area contributed by atoms with Crippen LogP contribution in [0.5, 0.6) is 0 Å². The summed E-state index contributed by atoms with van der Waals surface area (Å²) in [5.74, 6) is 0.0210. The SMILES string of the molecule is CC(CO)C(C)NC(=O)c1cc2cc(Br)ccc2o1. The Kier molecular flexibility index (Phi) is 4.27. The summed E-state index contributed by atoms with van der Waals surface area (Å²) in [5.41, 5.74) is 0.677. The third-order valence-corrected chi connectivity index (χ3v) is 3.70. The van der Waals surface area contributed by atoms with E-state index in [-0.39, 0.29) is 30.2 Å². The van der Waals surface area contributed by atoms with Crippen molar-refractivity contribution in [3.8, 4) is 0 Å². The van der Waals surface area contributed by atoms with Gasteiger partial charge < -0.3 is 14.8 Å². The lowest BCUT2D eigenvalue weighted by atomic mass is 10.1. The Bertz CT molecular complexity index is 593. The number of carbonyl (C=O) groups excluding carboxylic acids is 1. The van der Waals surface area contributed by atoms with Crippen LogP contribution in [0.2, 0.25) is 0 Å². The molecule has 4 nitrogen and oxygen atoms in total. The van der Waals surface area contributed by atoms with Crippen LogP contribution in [0, 0.1) is 5.92 Å². The summed E-state index contributed by atoms with van der Waals surface area (Å²) in [6.07, 6.45) is 0. The summed E-state index contributed by atoms with van der Waals surface area (Å²) in [5, 5.41) is 12.7. The second-order valence-corrected chi connectivity index (χ2v) is 5.63. The fourth-order valence-corrected chi connectivity index (χ4v) is 2.08. The average Bonchev–Trinajstić information content (AvgIpc) is 2.80. The number of furan rings is 1. The number of fused-ring (bicyclic) bond motifs is 1. The van der Waals surface area contributed by atoms with Gasteiger partial charge in [-0.3, -0.25) is 4.79 Å². The van der Waals surface area contributed by atoms with Crippen molar-refractivity contribution >= 4 is 32.8 Å². The van der Waals surface area contributed by atoms with Gasteiger partial charge in [0.15, 0.2) is 5.76 Å². The zero-order chi connectivity index (χ0) is 14.0. The van der Waals surface area contributed by atoms with Gasteiger partial charge in [0.1, 0.15) is 5.58 Å². The molecule has 1 aromatic heterocycles. The van der Waals surface area contributed by atoms with Crippen LogP contribution in [0.1, 0.15) is 24.4 Å². The first kappa shape index (κ1) is 14.1. The number of hydrogen-bond donors (Lipinski definition) is 2. The molecule has 0 aliphatic carbocycles. The van der Waals surface area contributed by atoms with Crippen LogP contribution in [0.15, 0.2) is 33.2 Å². The van der Waals surface area contributed by atoms with Crippen LogP contribution in [0.4, 0.5) is 0 Å². The normalized spacial score (nSPS) is 14.3. The molecule has 2 N–H and O–H groups in total. The van der Waals surface area contributed by atoms with Crippen LogP contribution in [0.3, 0.4) is 0 Å². The summed E-state index contributed by atoms with van der Waals surface area (Å²) < 4.78 is 6.44. The highest BCUT2D eigenvalue weighted by Gasteiger charge is 2.18. The Labute approximate surface area is 119 Å². The molecule has 0 spiro atoms. The van der Waals surface area contributed by atoms with Gasteiger partial charge in [0, 0.05) is 22.5 Å². The van der Waals surface area contributed by atoms with Crippen LogP contribution in [0.25, 0.3) is 11.0 Å². The predicted octanol–water partition coefficient (Wildman–Crippen LogP) is 2.94. The molecule has 0 radical (unpaired) electrons. The van der Waals surface area contributed by atoms with Crippen molar-refractivity contribution in [2.45, 2.75) is 19.9 Å². The second kappa shape index (κ2) is 5.75. The lowest BCUT2D eigenvalue weighted by Gasteiger charge is -2.18. The molecule has 2 atom stereocenters. The first-order valence-electron chi connectivity index (χ1n) is 6.12. The highest BCUT2D eigenvalue weighted by Crippen LogP contribution is 2.23. The average molecular weight is 326 g/mol. The minimum absolute atomic E-state index is 0.00229. The van der Waals surface area contributed by atoms with E-state index in [9.17, 15) is 4.79 Å². The van der Waals surface area contributed by atoms with Gasteiger partial charge in [0.05, 0.1) is 0 Å². The van der Waals surface area contributed by atoms with Gasteiger partial charge in [-0.2, -0.15) is 0 Å². The summed E-state index contributed by atoms with van der Waals surface area (Å²) in [6.45, 7) is 3.77. The zero-order valence-electron chi connectivity index (χ0n) is 10.8. The Morgan fingerprint density at radius 1 is 1.42 bits per heavy atom. The monoisotopic (exact) mass is 325 g/mol. The molecule has 1 amide bonds. The van der Waals surface area contributed by atoms with E-state index >= 15 is 0 Å². The number of rotatable bonds is 4. The predicted molar refractivity (Wildman–Crippen MR) is 77.1 cm³/mol. The topological polar surface area (TPSA) is 62.5 Å². The molecule has 2 unspecified atom stereocenters. The van der Waals surface area contributed by atoms with Gasteiger partial charge in [0.2, 0.25) is 0 Å². The van der Waals surface area contributed by atoms with Crippen molar-refractivity contribution in [3.63, 3.8) is 0 Å². The van der Waals surface area contributed by atoms with Crippen LogP contribution in [-0.4, -0.2) is 23.7 Å². The minimum atomic E-state index is -0.264. The van der Waals surface area contributed by atoms with Crippen LogP contribution < -0.4 is 5.32 Å². The third kappa shape index (κ3) is 3.16. The van der Waals surface area contributed by atoms with Gasteiger partial charge in [0.25, 0.3) is 5.91 Å². The first-order chi connectivity index (χ1) is 9.01. The Hall–Kier alpha value is -1.33. The van der Waals surface area contributed by atoms with Crippen molar-refractivity contribution in [1.82, 2.24) is 5.32 Å². The van der Waals surface area contributed by atoms with Gasteiger partial charge >= 0.3 is 0 Å². The lowest BCUT2D eigenvalue weighted by Crippen LogP contribution is -2.38. The van der Waals surface area contributed by atoms with Gasteiger partial charge in [-0.25, -0.2) is 0 Å². The van der Waals surface area contributed by atoms with Crippen molar-refractivity contribution in [1.29, 1.82) is 0 Å². The minimum Gasteiger partial charge on any atom is -0.451 e. The number of carbonyl (C=O) groups is 1. The van der Waals surface area contributed by atoms with E-state index in [0.717, 1.165) is 9.86 Å². The van der Waals surface area contributed by atoms with E-state index in [1.165, 1.54) is 0 Å². The van der Waals surface area contributed by atoms with E-state index in [1.54, 1.807) is 6.07 Å². The molecule has 0 fully saturated rings. The number of hydrogen-bond acceptors (Lipinski definition) is 3. The highest BCUT2D eigenvalue weighted by atomic mass is 79.9. The third-order valence-electron chi connectivity index (χ3n) is 3.20. The second-order valence-electron chi connectivity index (χ2n) is 4.71. The van der Waals surface area contributed by atoms with E-state index in [2.05, 4.69) is 21.2 Å². The maximum absolute atomic E-state index is 12.0. The highest BCUT2D eigenvalue weighted by molar-refractivity contribution is 9.10. The smallest absolute Gasteiger partial charge is 0.287 e. The van der Waals surface area contributed by atoms with Crippen LogP contribution >= 0.6 is 15.9 Å². The van der Waals surface area contributed by atoms with Gasteiger partial charge in [-0.15, -0.1) is 0 Å². The number of benzene rings is 1. The molecular weight excluding hydrogens is 310 g/mol. The standard InChI is InChI=1S/C14H16BrNO3/c1-8(7-17)9(2)16-14(18)13-6-10-5-11(15)3-4-12(10)19-13/h3-6,8-9,17H,7H2,1-2H3,(H,16,18). The van der Waals surface area contributed by atoms with Gasteiger partial charge in [-0.05, 0) is 37.1 Å². The van der Waals surface area contributed by atoms with Gasteiger partial charge in [-0.1, -0.05) is 22.9 Å². The summed E-state index contributed by atoms with van der Waals surface area (Å²) >= 11 is 3.38.